The Hall–Kier alpha value is -2.08. The Morgan fingerprint density at radius 3 is 2.47 bits per heavy atom. The standard InChI is InChI=1S/C13H14N2O3S/c1-9-5-3-4-6-12(9)19(17,18)15-13-11(16)8-7-10(2)14-13/h3-8,16H,1-2H3,(H,14,15). The topological polar surface area (TPSA) is 79.3 Å². The van der Waals surface area contributed by atoms with Gasteiger partial charge in [0.2, 0.25) is 0 Å². The van der Waals surface area contributed by atoms with Crippen LogP contribution in [-0.4, -0.2) is 18.5 Å². The number of hydrogen-bond donors (Lipinski definition) is 2. The van der Waals surface area contributed by atoms with Crippen molar-refractivity contribution in [2.45, 2.75) is 18.7 Å². The van der Waals surface area contributed by atoms with Crippen molar-refractivity contribution in [3.05, 3.63) is 47.7 Å². The van der Waals surface area contributed by atoms with Gasteiger partial charge in [0.1, 0.15) is 0 Å². The maximum atomic E-state index is 12.2. The minimum atomic E-state index is -3.76. The van der Waals surface area contributed by atoms with Crippen molar-refractivity contribution < 1.29 is 13.5 Å². The van der Waals surface area contributed by atoms with Gasteiger partial charge >= 0.3 is 0 Å². The number of hydrogen-bond acceptors (Lipinski definition) is 4. The average molecular weight is 278 g/mol. The predicted molar refractivity (Wildman–Crippen MR) is 72.6 cm³/mol. The molecule has 19 heavy (non-hydrogen) atoms. The molecular formula is C13H14N2O3S. The summed E-state index contributed by atoms with van der Waals surface area (Å²) in [4.78, 5) is 4.14. The first-order valence-electron chi connectivity index (χ1n) is 5.65. The van der Waals surface area contributed by atoms with Crippen LogP contribution in [0.1, 0.15) is 11.3 Å². The second kappa shape index (κ2) is 4.89. The van der Waals surface area contributed by atoms with Gasteiger partial charge in [-0.05, 0) is 37.6 Å². The first kappa shape index (κ1) is 13.4. The monoisotopic (exact) mass is 278 g/mol. The SMILES string of the molecule is Cc1ccc(O)c(NS(=O)(=O)c2ccccc2C)n1. The van der Waals surface area contributed by atoms with E-state index in [0.717, 1.165) is 0 Å². The lowest BCUT2D eigenvalue weighted by atomic mass is 10.2. The number of aromatic nitrogens is 1. The van der Waals surface area contributed by atoms with Crippen LogP contribution in [0.4, 0.5) is 5.82 Å². The summed E-state index contributed by atoms with van der Waals surface area (Å²) >= 11 is 0. The van der Waals surface area contributed by atoms with E-state index in [9.17, 15) is 13.5 Å². The molecule has 0 aliphatic rings. The number of aryl methyl sites for hydroxylation is 2. The van der Waals surface area contributed by atoms with Gasteiger partial charge in [0.15, 0.2) is 11.6 Å². The van der Waals surface area contributed by atoms with Crippen LogP contribution in [0.2, 0.25) is 0 Å². The molecule has 0 saturated heterocycles. The van der Waals surface area contributed by atoms with Gasteiger partial charge in [-0.1, -0.05) is 18.2 Å². The van der Waals surface area contributed by atoms with Gasteiger partial charge in [-0.15, -0.1) is 0 Å². The van der Waals surface area contributed by atoms with Crippen LogP contribution in [0.5, 0.6) is 5.75 Å². The minimum Gasteiger partial charge on any atom is -0.504 e. The summed E-state index contributed by atoms with van der Waals surface area (Å²) in [6.45, 7) is 3.42. The Bertz CT molecular complexity index is 712. The summed E-state index contributed by atoms with van der Waals surface area (Å²) in [5.41, 5.74) is 1.24. The molecule has 0 aliphatic heterocycles. The molecule has 2 rings (SSSR count). The molecule has 2 aromatic rings. The van der Waals surface area contributed by atoms with Gasteiger partial charge in [0, 0.05) is 5.69 Å². The first-order valence-corrected chi connectivity index (χ1v) is 7.13. The number of aromatic hydroxyl groups is 1. The van der Waals surface area contributed by atoms with Crippen LogP contribution in [-0.2, 0) is 10.0 Å². The number of benzene rings is 1. The quantitative estimate of drug-likeness (QED) is 0.902. The molecule has 0 spiro atoms. The molecule has 1 heterocycles. The van der Waals surface area contributed by atoms with Gasteiger partial charge in [-0.3, -0.25) is 4.72 Å². The number of nitrogens with one attached hydrogen (secondary N) is 1. The number of anilines is 1. The zero-order chi connectivity index (χ0) is 14.0. The highest BCUT2D eigenvalue weighted by atomic mass is 32.2. The maximum Gasteiger partial charge on any atom is 0.263 e. The van der Waals surface area contributed by atoms with Gasteiger partial charge in [-0.25, -0.2) is 13.4 Å². The van der Waals surface area contributed by atoms with E-state index in [1.165, 1.54) is 12.1 Å². The molecule has 1 aromatic carbocycles. The lowest BCUT2D eigenvalue weighted by Gasteiger charge is -2.11. The van der Waals surface area contributed by atoms with Crippen molar-refractivity contribution in [2.24, 2.45) is 0 Å². The zero-order valence-corrected chi connectivity index (χ0v) is 11.4. The van der Waals surface area contributed by atoms with Crippen LogP contribution >= 0.6 is 0 Å². The molecule has 0 saturated carbocycles. The fourth-order valence-corrected chi connectivity index (χ4v) is 2.93. The zero-order valence-electron chi connectivity index (χ0n) is 10.6. The highest BCUT2D eigenvalue weighted by molar-refractivity contribution is 7.92. The van der Waals surface area contributed by atoms with E-state index in [4.69, 9.17) is 0 Å². The highest BCUT2D eigenvalue weighted by Gasteiger charge is 2.18. The van der Waals surface area contributed by atoms with Crippen LogP contribution in [0.3, 0.4) is 0 Å². The number of rotatable bonds is 3. The van der Waals surface area contributed by atoms with E-state index in [2.05, 4.69) is 9.71 Å². The van der Waals surface area contributed by atoms with Crippen LogP contribution in [0.25, 0.3) is 0 Å². The fourth-order valence-electron chi connectivity index (χ4n) is 1.66. The Kier molecular flexibility index (Phi) is 3.44. The average Bonchev–Trinajstić information content (AvgIpc) is 2.34. The van der Waals surface area contributed by atoms with E-state index >= 15 is 0 Å². The minimum absolute atomic E-state index is 0.0664. The molecule has 0 unspecified atom stereocenters. The second-order valence-electron chi connectivity index (χ2n) is 4.19. The van der Waals surface area contributed by atoms with Gasteiger partial charge in [0.05, 0.1) is 4.90 Å². The van der Waals surface area contributed by atoms with Crippen molar-refractivity contribution in [3.8, 4) is 5.75 Å². The van der Waals surface area contributed by atoms with Crippen molar-refractivity contribution in [2.75, 3.05) is 4.72 Å². The molecule has 0 amide bonds. The van der Waals surface area contributed by atoms with E-state index < -0.39 is 10.0 Å². The van der Waals surface area contributed by atoms with Crippen LogP contribution in [0, 0.1) is 13.8 Å². The molecular weight excluding hydrogens is 264 g/mol. The van der Waals surface area contributed by atoms with Crippen molar-refractivity contribution in [1.29, 1.82) is 0 Å². The van der Waals surface area contributed by atoms with Crippen LogP contribution < -0.4 is 4.72 Å². The molecule has 6 heteroatoms. The summed E-state index contributed by atoms with van der Waals surface area (Å²) in [5, 5.41) is 9.63. The highest BCUT2D eigenvalue weighted by Crippen LogP contribution is 2.24. The molecule has 0 radical (unpaired) electrons. The third kappa shape index (κ3) is 2.85. The summed E-state index contributed by atoms with van der Waals surface area (Å²) in [6, 6.07) is 9.61. The number of pyridine rings is 1. The summed E-state index contributed by atoms with van der Waals surface area (Å²) < 4.78 is 26.7. The Morgan fingerprint density at radius 2 is 1.79 bits per heavy atom. The van der Waals surface area contributed by atoms with Crippen molar-refractivity contribution >= 4 is 15.8 Å². The van der Waals surface area contributed by atoms with Gasteiger partial charge in [0.25, 0.3) is 10.0 Å². The predicted octanol–water partition coefficient (Wildman–Crippen LogP) is 2.20. The van der Waals surface area contributed by atoms with Gasteiger partial charge < -0.3 is 5.11 Å². The molecule has 5 nitrogen and oxygen atoms in total. The van der Waals surface area contributed by atoms with Crippen molar-refractivity contribution in [1.82, 2.24) is 4.98 Å². The van der Waals surface area contributed by atoms with E-state index in [1.807, 2.05) is 0 Å². The maximum absolute atomic E-state index is 12.2. The van der Waals surface area contributed by atoms with E-state index in [0.29, 0.717) is 11.3 Å². The summed E-state index contributed by atoms with van der Waals surface area (Å²) in [7, 11) is -3.76. The van der Waals surface area contributed by atoms with Gasteiger partial charge in [-0.2, -0.15) is 0 Å². The molecule has 0 aliphatic carbocycles. The smallest absolute Gasteiger partial charge is 0.263 e. The second-order valence-corrected chi connectivity index (χ2v) is 5.84. The van der Waals surface area contributed by atoms with Crippen LogP contribution in [0.15, 0.2) is 41.3 Å². The molecule has 0 fully saturated rings. The summed E-state index contributed by atoms with van der Waals surface area (Å²) in [6.07, 6.45) is 0. The number of sulfonamides is 1. The lowest BCUT2D eigenvalue weighted by molar-refractivity contribution is 0.475. The lowest BCUT2D eigenvalue weighted by Crippen LogP contribution is -2.15. The Labute approximate surface area is 112 Å². The van der Waals surface area contributed by atoms with E-state index in [-0.39, 0.29) is 16.5 Å². The molecule has 1 aromatic heterocycles. The Morgan fingerprint density at radius 1 is 1.11 bits per heavy atom. The van der Waals surface area contributed by atoms with E-state index in [1.54, 1.807) is 38.1 Å². The fraction of sp³-hybridized carbons (Fsp3) is 0.154. The molecule has 2 N–H and O–H groups in total. The molecule has 0 bridgehead atoms. The summed E-state index contributed by atoms with van der Waals surface area (Å²) in [5.74, 6) is -0.272. The number of nitrogens with zero attached hydrogens (tertiary/aromatic N) is 1. The third-order valence-corrected chi connectivity index (χ3v) is 4.13. The van der Waals surface area contributed by atoms with Crippen molar-refractivity contribution in [3.63, 3.8) is 0 Å². The Balaban J connectivity index is 2.43. The normalized spacial score (nSPS) is 11.3. The first-order chi connectivity index (χ1) is 8.90. The molecule has 0 atom stereocenters. The largest absolute Gasteiger partial charge is 0.504 e. The third-order valence-electron chi connectivity index (χ3n) is 2.63. The molecule has 100 valence electrons.